The van der Waals surface area contributed by atoms with E-state index in [1.54, 1.807) is 0 Å². The maximum absolute atomic E-state index is 12.4. The Bertz CT molecular complexity index is 722. The summed E-state index contributed by atoms with van der Waals surface area (Å²) in [4.78, 5) is 18.7. The van der Waals surface area contributed by atoms with Gasteiger partial charge in [0.15, 0.2) is 0 Å². The quantitative estimate of drug-likeness (QED) is 0.925. The number of amides is 2. The number of carbonyl (C=O) groups is 1. The highest BCUT2D eigenvalue weighted by atomic mass is 16.5. The molecule has 0 radical (unpaired) electrons. The third kappa shape index (κ3) is 3.64. The summed E-state index contributed by atoms with van der Waals surface area (Å²) >= 11 is 0. The van der Waals surface area contributed by atoms with Crippen LogP contribution in [0.1, 0.15) is 32.0 Å². The second kappa shape index (κ2) is 5.85. The van der Waals surface area contributed by atoms with Crippen molar-refractivity contribution < 1.29 is 9.53 Å². The van der Waals surface area contributed by atoms with Crippen LogP contribution in [0.5, 0.6) is 0 Å². The standard InChI is InChI=1S/C17H24N4O2/c1-12-5-6-15-19-14(10-20(15)8-12)7-18-16(22)21-9-13(2)23-17(3,4)11-21/h5-6,8,10,13H,7,9,11H2,1-4H3,(H,18,22)/t13-/m0/s1. The number of rotatable bonds is 2. The van der Waals surface area contributed by atoms with Gasteiger partial charge in [-0.25, -0.2) is 9.78 Å². The predicted octanol–water partition coefficient (Wildman–Crippen LogP) is 2.35. The Labute approximate surface area is 136 Å². The third-order valence-electron chi connectivity index (χ3n) is 3.93. The fourth-order valence-corrected chi connectivity index (χ4v) is 3.13. The first-order valence-electron chi connectivity index (χ1n) is 7.97. The minimum Gasteiger partial charge on any atom is -0.369 e. The van der Waals surface area contributed by atoms with Crippen LogP contribution in [0, 0.1) is 6.92 Å². The highest BCUT2D eigenvalue weighted by Crippen LogP contribution is 2.20. The molecule has 3 heterocycles. The van der Waals surface area contributed by atoms with E-state index in [0.29, 0.717) is 19.6 Å². The van der Waals surface area contributed by atoms with Gasteiger partial charge in [0, 0.05) is 18.9 Å². The van der Waals surface area contributed by atoms with Gasteiger partial charge in [0.2, 0.25) is 0 Å². The molecule has 6 nitrogen and oxygen atoms in total. The number of carbonyl (C=O) groups excluding carboxylic acids is 1. The van der Waals surface area contributed by atoms with Gasteiger partial charge in [0.05, 0.1) is 30.5 Å². The van der Waals surface area contributed by atoms with Crippen molar-refractivity contribution in [2.24, 2.45) is 0 Å². The van der Waals surface area contributed by atoms with Crippen LogP contribution in [0.25, 0.3) is 5.65 Å². The average Bonchev–Trinajstić information content (AvgIpc) is 2.84. The van der Waals surface area contributed by atoms with Crippen LogP contribution < -0.4 is 5.32 Å². The summed E-state index contributed by atoms with van der Waals surface area (Å²) in [6.45, 7) is 9.67. The van der Waals surface area contributed by atoms with Gasteiger partial charge in [0.1, 0.15) is 5.65 Å². The number of urea groups is 1. The number of aromatic nitrogens is 2. The zero-order valence-electron chi connectivity index (χ0n) is 14.2. The van der Waals surface area contributed by atoms with E-state index in [0.717, 1.165) is 11.3 Å². The van der Waals surface area contributed by atoms with Gasteiger partial charge in [-0.05, 0) is 39.3 Å². The number of ether oxygens (including phenoxy) is 1. The van der Waals surface area contributed by atoms with Crippen molar-refractivity contribution in [3.8, 4) is 0 Å². The third-order valence-corrected chi connectivity index (χ3v) is 3.93. The lowest BCUT2D eigenvalue weighted by Gasteiger charge is -2.41. The van der Waals surface area contributed by atoms with E-state index < -0.39 is 0 Å². The summed E-state index contributed by atoms with van der Waals surface area (Å²) < 4.78 is 7.81. The first-order valence-corrected chi connectivity index (χ1v) is 7.97. The summed E-state index contributed by atoms with van der Waals surface area (Å²) in [6.07, 6.45) is 4.02. The molecule has 2 amide bonds. The smallest absolute Gasteiger partial charge is 0.317 e. The number of aryl methyl sites for hydroxylation is 1. The van der Waals surface area contributed by atoms with E-state index in [9.17, 15) is 4.79 Å². The lowest BCUT2D eigenvalue weighted by atomic mass is 10.1. The first kappa shape index (κ1) is 15.8. The number of hydrogen-bond acceptors (Lipinski definition) is 3. The largest absolute Gasteiger partial charge is 0.369 e. The highest BCUT2D eigenvalue weighted by molar-refractivity contribution is 5.74. The van der Waals surface area contributed by atoms with Gasteiger partial charge < -0.3 is 19.4 Å². The van der Waals surface area contributed by atoms with Gasteiger partial charge in [-0.3, -0.25) is 0 Å². The van der Waals surface area contributed by atoms with Crippen molar-refractivity contribution in [3.05, 3.63) is 35.8 Å². The SMILES string of the molecule is Cc1ccc2nc(CNC(=O)N3C[C@H](C)OC(C)(C)C3)cn2c1. The molecule has 6 heteroatoms. The molecule has 23 heavy (non-hydrogen) atoms. The van der Waals surface area contributed by atoms with Crippen molar-refractivity contribution in [1.29, 1.82) is 0 Å². The zero-order chi connectivity index (χ0) is 16.6. The zero-order valence-corrected chi connectivity index (χ0v) is 14.2. The number of imidazole rings is 1. The van der Waals surface area contributed by atoms with Gasteiger partial charge in [-0.15, -0.1) is 0 Å². The molecule has 1 N–H and O–H groups in total. The minimum absolute atomic E-state index is 0.0441. The normalized spacial score (nSPS) is 20.7. The Morgan fingerprint density at radius 2 is 2.22 bits per heavy atom. The van der Waals surface area contributed by atoms with Crippen LogP contribution in [-0.4, -0.2) is 45.1 Å². The molecule has 0 bridgehead atoms. The highest BCUT2D eigenvalue weighted by Gasteiger charge is 2.33. The molecule has 2 aromatic heterocycles. The molecule has 1 fully saturated rings. The Balaban J connectivity index is 1.63. The molecular weight excluding hydrogens is 292 g/mol. The molecule has 2 aromatic rings. The lowest BCUT2D eigenvalue weighted by Crippen LogP contribution is -2.56. The van der Waals surface area contributed by atoms with Crippen LogP contribution in [-0.2, 0) is 11.3 Å². The lowest BCUT2D eigenvalue weighted by molar-refractivity contribution is -0.117. The van der Waals surface area contributed by atoms with E-state index >= 15 is 0 Å². The first-order chi connectivity index (χ1) is 10.8. The van der Waals surface area contributed by atoms with Gasteiger partial charge >= 0.3 is 6.03 Å². The van der Waals surface area contributed by atoms with Gasteiger partial charge in [-0.2, -0.15) is 0 Å². The Morgan fingerprint density at radius 1 is 1.43 bits per heavy atom. The number of fused-ring (bicyclic) bond motifs is 1. The molecule has 1 saturated heterocycles. The summed E-state index contributed by atoms with van der Waals surface area (Å²) in [5.41, 5.74) is 2.61. The van der Waals surface area contributed by atoms with E-state index in [1.165, 1.54) is 5.56 Å². The van der Waals surface area contributed by atoms with E-state index in [2.05, 4.69) is 10.3 Å². The van der Waals surface area contributed by atoms with E-state index in [1.807, 2.05) is 61.5 Å². The van der Waals surface area contributed by atoms with Crippen LogP contribution in [0.4, 0.5) is 4.79 Å². The molecule has 1 aliphatic rings. The molecule has 3 rings (SSSR count). The van der Waals surface area contributed by atoms with Crippen molar-refractivity contribution in [2.45, 2.75) is 45.9 Å². The minimum atomic E-state index is -0.310. The molecule has 124 valence electrons. The number of pyridine rings is 1. The van der Waals surface area contributed by atoms with E-state index in [4.69, 9.17) is 4.74 Å². The average molecular weight is 316 g/mol. The molecule has 0 unspecified atom stereocenters. The summed E-state index contributed by atoms with van der Waals surface area (Å²) in [5, 5.41) is 2.96. The van der Waals surface area contributed by atoms with Gasteiger partial charge in [-0.1, -0.05) is 6.07 Å². The summed E-state index contributed by atoms with van der Waals surface area (Å²) in [7, 11) is 0. The topological polar surface area (TPSA) is 58.9 Å². The second-order valence-corrected chi connectivity index (χ2v) is 6.93. The van der Waals surface area contributed by atoms with Crippen molar-refractivity contribution in [3.63, 3.8) is 0 Å². The Kier molecular flexibility index (Phi) is 4.02. The number of nitrogens with one attached hydrogen (secondary N) is 1. The second-order valence-electron chi connectivity index (χ2n) is 6.93. The maximum atomic E-state index is 12.4. The molecule has 0 saturated carbocycles. The summed E-state index contributed by atoms with van der Waals surface area (Å²) in [5.74, 6) is 0. The Morgan fingerprint density at radius 3 is 2.96 bits per heavy atom. The fraction of sp³-hybridized carbons (Fsp3) is 0.529. The number of nitrogens with zero attached hydrogens (tertiary/aromatic N) is 3. The monoisotopic (exact) mass is 316 g/mol. The molecule has 0 aromatic carbocycles. The van der Waals surface area contributed by atoms with Crippen molar-refractivity contribution >= 4 is 11.7 Å². The van der Waals surface area contributed by atoms with Crippen LogP contribution in [0.3, 0.4) is 0 Å². The van der Waals surface area contributed by atoms with Crippen LogP contribution in [0.2, 0.25) is 0 Å². The van der Waals surface area contributed by atoms with Crippen LogP contribution >= 0.6 is 0 Å². The van der Waals surface area contributed by atoms with E-state index in [-0.39, 0.29) is 17.7 Å². The fourth-order valence-electron chi connectivity index (χ4n) is 3.13. The van der Waals surface area contributed by atoms with Crippen molar-refractivity contribution in [1.82, 2.24) is 19.6 Å². The molecule has 1 atom stereocenters. The number of hydrogen-bond donors (Lipinski definition) is 1. The summed E-state index contributed by atoms with van der Waals surface area (Å²) in [6, 6.07) is 3.94. The van der Waals surface area contributed by atoms with Gasteiger partial charge in [0.25, 0.3) is 0 Å². The predicted molar refractivity (Wildman–Crippen MR) is 88.4 cm³/mol. The maximum Gasteiger partial charge on any atom is 0.317 e. The number of morpholine rings is 1. The van der Waals surface area contributed by atoms with Crippen molar-refractivity contribution in [2.75, 3.05) is 13.1 Å². The molecule has 0 aliphatic carbocycles. The van der Waals surface area contributed by atoms with Crippen LogP contribution in [0.15, 0.2) is 24.5 Å². The Hall–Kier alpha value is -2.08. The molecular formula is C17H24N4O2. The molecule has 1 aliphatic heterocycles. The molecule has 0 spiro atoms.